The van der Waals surface area contributed by atoms with Crippen LogP contribution in [0.5, 0.6) is 0 Å². The zero-order valence-electron chi connectivity index (χ0n) is 12.6. The summed E-state index contributed by atoms with van der Waals surface area (Å²) in [6.45, 7) is 1.49. The van der Waals surface area contributed by atoms with Gasteiger partial charge < -0.3 is 20.5 Å². The molecule has 0 saturated carbocycles. The summed E-state index contributed by atoms with van der Waals surface area (Å²) in [5.74, 6) is -0.587. The van der Waals surface area contributed by atoms with Crippen LogP contribution in [-0.4, -0.2) is 37.5 Å². The number of amides is 2. The molecule has 0 aliphatic carbocycles. The summed E-state index contributed by atoms with van der Waals surface area (Å²) in [5, 5.41) is 14.7. The Labute approximate surface area is 139 Å². The van der Waals surface area contributed by atoms with Gasteiger partial charge in [-0.05, 0) is 30.5 Å². The van der Waals surface area contributed by atoms with Crippen LogP contribution in [0, 0.1) is 5.82 Å². The highest BCUT2D eigenvalue weighted by atomic mass is 35.5. The van der Waals surface area contributed by atoms with Gasteiger partial charge >= 0.3 is 6.03 Å². The van der Waals surface area contributed by atoms with Crippen molar-refractivity contribution >= 4 is 17.6 Å². The first-order chi connectivity index (χ1) is 11.1. The monoisotopic (exact) mass is 342 g/mol. The normalized spacial score (nSPS) is 15.7. The number of ether oxygens (including phenoxy) is 1. The van der Waals surface area contributed by atoms with Crippen molar-refractivity contribution in [1.82, 2.24) is 10.6 Å². The van der Waals surface area contributed by atoms with Crippen molar-refractivity contribution < 1.29 is 19.0 Å². The molecule has 126 valence electrons. The maximum absolute atomic E-state index is 13.5. The fourth-order valence-corrected chi connectivity index (χ4v) is 2.42. The summed E-state index contributed by atoms with van der Waals surface area (Å²) < 4.78 is 18.7. The van der Waals surface area contributed by atoms with Gasteiger partial charge in [0.25, 0.3) is 0 Å². The smallest absolute Gasteiger partial charge is 0.315 e. The van der Waals surface area contributed by atoms with Crippen molar-refractivity contribution in [3.05, 3.63) is 46.3 Å². The van der Waals surface area contributed by atoms with E-state index < -0.39 is 17.9 Å². The van der Waals surface area contributed by atoms with Crippen LogP contribution in [0.2, 0.25) is 5.02 Å². The molecule has 2 amide bonds. The number of aliphatic hydroxyl groups excluding tert-OH is 1. The summed E-state index contributed by atoms with van der Waals surface area (Å²) in [7, 11) is 0. The molecule has 0 saturated heterocycles. The van der Waals surface area contributed by atoms with Crippen LogP contribution in [0.4, 0.5) is 9.18 Å². The number of carbonyl (C=O) groups is 1. The lowest BCUT2D eigenvalue weighted by Crippen LogP contribution is -2.39. The topological polar surface area (TPSA) is 70.6 Å². The highest BCUT2D eigenvalue weighted by molar-refractivity contribution is 6.30. The van der Waals surface area contributed by atoms with E-state index in [0.717, 1.165) is 12.8 Å². The van der Waals surface area contributed by atoms with Crippen molar-refractivity contribution in [2.24, 2.45) is 0 Å². The Morgan fingerprint density at radius 2 is 2.30 bits per heavy atom. The lowest BCUT2D eigenvalue weighted by atomic mass is 10.1. The van der Waals surface area contributed by atoms with Gasteiger partial charge in [0.05, 0.1) is 30.9 Å². The van der Waals surface area contributed by atoms with Crippen molar-refractivity contribution in [2.75, 3.05) is 26.4 Å². The van der Waals surface area contributed by atoms with Gasteiger partial charge in [-0.2, -0.15) is 0 Å². The van der Waals surface area contributed by atoms with Crippen molar-refractivity contribution in [1.29, 1.82) is 0 Å². The van der Waals surface area contributed by atoms with Crippen LogP contribution in [0.25, 0.3) is 0 Å². The van der Waals surface area contributed by atoms with Crippen LogP contribution in [-0.2, 0) is 4.74 Å². The number of hydrogen-bond acceptors (Lipinski definition) is 3. The molecule has 1 aliphatic rings. The number of benzene rings is 1. The molecule has 0 bridgehead atoms. The minimum Gasteiger partial charge on any atom is -0.394 e. The molecule has 0 fully saturated rings. The van der Waals surface area contributed by atoms with Crippen molar-refractivity contribution in [2.45, 2.75) is 18.9 Å². The molecule has 1 aromatic carbocycles. The second kappa shape index (κ2) is 8.86. The van der Waals surface area contributed by atoms with Crippen LogP contribution < -0.4 is 10.6 Å². The van der Waals surface area contributed by atoms with Gasteiger partial charge in [-0.1, -0.05) is 29.3 Å². The standard InChI is InChI=1S/C16H20ClFN2O3/c17-13-2-1-12(9-14(13)18)15(10-21)20-16(22)19-6-3-11-4-7-23-8-5-11/h1-2,4,9,15,21H,3,5-8,10H2,(H2,19,20,22). The van der Waals surface area contributed by atoms with E-state index in [-0.39, 0.29) is 11.6 Å². The van der Waals surface area contributed by atoms with Crippen molar-refractivity contribution in [3.63, 3.8) is 0 Å². The Balaban J connectivity index is 1.82. The Hall–Kier alpha value is -1.63. The van der Waals surface area contributed by atoms with E-state index in [1.807, 2.05) is 6.08 Å². The second-order valence-electron chi connectivity index (χ2n) is 5.25. The molecule has 0 radical (unpaired) electrons. The fourth-order valence-electron chi connectivity index (χ4n) is 2.30. The van der Waals surface area contributed by atoms with Crippen LogP contribution in [0.1, 0.15) is 24.4 Å². The lowest BCUT2D eigenvalue weighted by molar-refractivity contribution is 0.153. The largest absolute Gasteiger partial charge is 0.394 e. The first-order valence-corrected chi connectivity index (χ1v) is 7.83. The molecule has 23 heavy (non-hydrogen) atoms. The summed E-state index contributed by atoms with van der Waals surface area (Å²) in [6.07, 6.45) is 3.67. The molecule has 0 spiro atoms. The number of halogens is 2. The second-order valence-corrected chi connectivity index (χ2v) is 5.65. The Bertz CT molecular complexity index is 580. The van der Waals surface area contributed by atoms with Crippen LogP contribution in [0.3, 0.4) is 0 Å². The molecule has 1 aliphatic heterocycles. The Morgan fingerprint density at radius 1 is 1.48 bits per heavy atom. The molecule has 0 aromatic heterocycles. The molecule has 1 aromatic rings. The van der Waals surface area contributed by atoms with Gasteiger partial charge in [-0.3, -0.25) is 0 Å². The number of nitrogens with one attached hydrogen (secondary N) is 2. The van der Waals surface area contributed by atoms with Crippen LogP contribution in [0.15, 0.2) is 29.8 Å². The molecule has 7 heteroatoms. The van der Waals surface area contributed by atoms with Gasteiger partial charge in [0.2, 0.25) is 0 Å². The summed E-state index contributed by atoms with van der Waals surface area (Å²) >= 11 is 5.63. The van der Waals surface area contributed by atoms with Gasteiger partial charge in [-0.25, -0.2) is 9.18 Å². The number of urea groups is 1. The van der Waals surface area contributed by atoms with E-state index in [4.69, 9.17) is 16.3 Å². The average molecular weight is 343 g/mol. The van der Waals surface area contributed by atoms with E-state index >= 15 is 0 Å². The van der Waals surface area contributed by atoms with E-state index in [9.17, 15) is 14.3 Å². The molecule has 5 nitrogen and oxygen atoms in total. The molecule has 3 N–H and O–H groups in total. The predicted molar refractivity (Wildman–Crippen MR) is 85.9 cm³/mol. The summed E-state index contributed by atoms with van der Waals surface area (Å²) in [4.78, 5) is 11.9. The summed E-state index contributed by atoms with van der Waals surface area (Å²) in [5.41, 5.74) is 1.71. The maximum Gasteiger partial charge on any atom is 0.315 e. The molecule has 1 unspecified atom stereocenters. The first-order valence-electron chi connectivity index (χ1n) is 7.46. The Kier molecular flexibility index (Phi) is 6.83. The molecular weight excluding hydrogens is 323 g/mol. The lowest BCUT2D eigenvalue weighted by Gasteiger charge is -2.18. The zero-order valence-corrected chi connectivity index (χ0v) is 13.4. The van der Waals surface area contributed by atoms with Gasteiger partial charge in [-0.15, -0.1) is 0 Å². The average Bonchev–Trinajstić information content (AvgIpc) is 2.56. The minimum atomic E-state index is -0.691. The number of hydrogen-bond donors (Lipinski definition) is 3. The quantitative estimate of drug-likeness (QED) is 0.696. The van der Waals surface area contributed by atoms with E-state index in [2.05, 4.69) is 10.6 Å². The SMILES string of the molecule is O=C(NCCC1=CCOCC1)NC(CO)c1ccc(Cl)c(F)c1. The predicted octanol–water partition coefficient (Wildman–Crippen LogP) is 2.55. The van der Waals surface area contributed by atoms with Gasteiger partial charge in [0.1, 0.15) is 5.82 Å². The van der Waals surface area contributed by atoms with Crippen molar-refractivity contribution in [3.8, 4) is 0 Å². The minimum absolute atomic E-state index is 0.000345. The number of aliphatic hydroxyl groups is 1. The highest BCUT2D eigenvalue weighted by Gasteiger charge is 2.15. The third-order valence-electron chi connectivity index (χ3n) is 3.62. The number of rotatable bonds is 6. The van der Waals surface area contributed by atoms with E-state index in [1.54, 1.807) is 6.07 Å². The maximum atomic E-state index is 13.5. The molecule has 2 rings (SSSR count). The zero-order chi connectivity index (χ0) is 16.7. The van der Waals surface area contributed by atoms with Gasteiger partial charge in [0.15, 0.2) is 0 Å². The van der Waals surface area contributed by atoms with E-state index in [1.165, 1.54) is 17.7 Å². The fraction of sp³-hybridized carbons (Fsp3) is 0.438. The van der Waals surface area contributed by atoms with Crippen LogP contribution >= 0.6 is 11.6 Å². The Morgan fingerprint density at radius 3 is 2.96 bits per heavy atom. The molecule has 1 atom stereocenters. The third-order valence-corrected chi connectivity index (χ3v) is 3.93. The number of carbonyl (C=O) groups excluding carboxylic acids is 1. The third kappa shape index (κ3) is 5.49. The van der Waals surface area contributed by atoms with Gasteiger partial charge in [0, 0.05) is 6.54 Å². The highest BCUT2D eigenvalue weighted by Crippen LogP contribution is 2.20. The first kappa shape index (κ1) is 17.7. The molecule has 1 heterocycles. The van der Waals surface area contributed by atoms with E-state index in [0.29, 0.717) is 25.3 Å². The molecular formula is C16H20ClFN2O3. The summed E-state index contributed by atoms with van der Waals surface area (Å²) in [6, 6.07) is 3.07.